The highest BCUT2D eigenvalue weighted by atomic mass is 32.2. The van der Waals surface area contributed by atoms with E-state index in [4.69, 9.17) is 9.47 Å². The first-order valence-electron chi connectivity index (χ1n) is 10.0. The summed E-state index contributed by atoms with van der Waals surface area (Å²) in [7, 11) is 0. The van der Waals surface area contributed by atoms with Gasteiger partial charge in [-0.3, -0.25) is 4.79 Å². The fraction of sp³-hybridized carbons (Fsp3) is 0.240. The van der Waals surface area contributed by atoms with Gasteiger partial charge >= 0.3 is 0 Å². The second-order valence-corrected chi connectivity index (χ2v) is 8.08. The Balaban J connectivity index is 1.36. The standard InChI is InChI=1S/C25H27NO3S/c1-19-8-13-24(20(2)18-19)29-15-14-26-25(27)21-9-11-22(12-10-21)28-16-17-30-23-6-4-3-5-7-23/h3-13,18H,14-17H2,1-2H3,(H,26,27). The van der Waals surface area contributed by atoms with Gasteiger partial charge in [0.25, 0.3) is 5.91 Å². The second kappa shape index (κ2) is 11.3. The molecule has 0 spiro atoms. The molecule has 3 rings (SSSR count). The number of carbonyl (C=O) groups excluding carboxylic acids is 1. The van der Waals surface area contributed by atoms with Crippen LogP contribution in [0.2, 0.25) is 0 Å². The van der Waals surface area contributed by atoms with Gasteiger partial charge < -0.3 is 14.8 Å². The second-order valence-electron chi connectivity index (χ2n) is 6.91. The molecular weight excluding hydrogens is 394 g/mol. The molecule has 0 bridgehead atoms. The van der Waals surface area contributed by atoms with E-state index >= 15 is 0 Å². The van der Waals surface area contributed by atoms with Crippen molar-refractivity contribution < 1.29 is 14.3 Å². The first-order valence-corrected chi connectivity index (χ1v) is 11.0. The van der Waals surface area contributed by atoms with Gasteiger partial charge in [-0.25, -0.2) is 0 Å². The molecule has 3 aromatic rings. The molecular formula is C25H27NO3S. The number of hydrogen-bond acceptors (Lipinski definition) is 4. The van der Waals surface area contributed by atoms with Gasteiger partial charge in [-0.2, -0.15) is 0 Å². The number of ether oxygens (including phenoxy) is 2. The van der Waals surface area contributed by atoms with E-state index in [-0.39, 0.29) is 5.91 Å². The molecule has 0 atom stereocenters. The number of thioether (sulfide) groups is 1. The van der Waals surface area contributed by atoms with Gasteiger partial charge in [0.2, 0.25) is 0 Å². The smallest absolute Gasteiger partial charge is 0.251 e. The Labute approximate surface area is 182 Å². The maximum absolute atomic E-state index is 12.3. The van der Waals surface area contributed by atoms with E-state index in [0.29, 0.717) is 25.3 Å². The highest BCUT2D eigenvalue weighted by Crippen LogP contribution is 2.19. The average Bonchev–Trinajstić information content (AvgIpc) is 2.76. The number of nitrogens with one attached hydrogen (secondary N) is 1. The summed E-state index contributed by atoms with van der Waals surface area (Å²) in [5, 5.41) is 2.88. The van der Waals surface area contributed by atoms with E-state index in [1.54, 1.807) is 23.9 Å². The molecule has 0 unspecified atom stereocenters. The number of carbonyl (C=O) groups is 1. The van der Waals surface area contributed by atoms with E-state index in [9.17, 15) is 4.79 Å². The summed E-state index contributed by atoms with van der Waals surface area (Å²) in [5.41, 5.74) is 2.90. The quantitative estimate of drug-likeness (QED) is 0.357. The molecule has 156 valence electrons. The van der Waals surface area contributed by atoms with Crippen molar-refractivity contribution in [3.05, 3.63) is 89.5 Å². The van der Waals surface area contributed by atoms with Crippen LogP contribution >= 0.6 is 11.8 Å². The lowest BCUT2D eigenvalue weighted by molar-refractivity contribution is 0.0947. The minimum absolute atomic E-state index is 0.120. The molecule has 0 saturated heterocycles. The molecule has 0 aliphatic rings. The third-order valence-electron chi connectivity index (χ3n) is 4.46. The van der Waals surface area contributed by atoms with E-state index in [2.05, 4.69) is 30.4 Å². The molecule has 0 fully saturated rings. The number of rotatable bonds is 10. The summed E-state index contributed by atoms with van der Waals surface area (Å²) in [6.45, 7) is 5.56. The van der Waals surface area contributed by atoms with E-state index in [1.165, 1.54) is 10.5 Å². The first kappa shape index (κ1) is 21.8. The lowest BCUT2D eigenvalue weighted by Crippen LogP contribution is -2.28. The van der Waals surface area contributed by atoms with Crippen molar-refractivity contribution in [1.29, 1.82) is 0 Å². The highest BCUT2D eigenvalue weighted by Gasteiger charge is 2.06. The molecule has 0 aromatic heterocycles. The first-order chi connectivity index (χ1) is 14.6. The highest BCUT2D eigenvalue weighted by molar-refractivity contribution is 7.99. The van der Waals surface area contributed by atoms with Gasteiger partial charge in [0.15, 0.2) is 0 Å². The van der Waals surface area contributed by atoms with Crippen LogP contribution in [-0.2, 0) is 0 Å². The monoisotopic (exact) mass is 421 g/mol. The third-order valence-corrected chi connectivity index (χ3v) is 5.43. The van der Waals surface area contributed by atoms with E-state index < -0.39 is 0 Å². The number of amides is 1. The van der Waals surface area contributed by atoms with Crippen LogP contribution in [-0.4, -0.2) is 31.4 Å². The minimum Gasteiger partial charge on any atom is -0.493 e. The molecule has 1 N–H and O–H groups in total. The maximum Gasteiger partial charge on any atom is 0.251 e. The Morgan fingerprint density at radius 2 is 1.67 bits per heavy atom. The van der Waals surface area contributed by atoms with Crippen molar-refractivity contribution >= 4 is 17.7 Å². The molecule has 0 aliphatic heterocycles. The average molecular weight is 422 g/mol. The Hall–Kier alpha value is -2.92. The number of aryl methyl sites for hydroxylation is 2. The lowest BCUT2D eigenvalue weighted by Gasteiger charge is -2.11. The Kier molecular flexibility index (Phi) is 8.21. The van der Waals surface area contributed by atoms with Crippen LogP contribution in [0.1, 0.15) is 21.5 Å². The van der Waals surface area contributed by atoms with Crippen LogP contribution in [0.25, 0.3) is 0 Å². The van der Waals surface area contributed by atoms with Crippen LogP contribution in [0.5, 0.6) is 11.5 Å². The topological polar surface area (TPSA) is 47.6 Å². The predicted octanol–water partition coefficient (Wildman–Crippen LogP) is 5.28. The molecule has 3 aromatic carbocycles. The van der Waals surface area contributed by atoms with Crippen LogP contribution in [0.15, 0.2) is 77.7 Å². The summed E-state index contributed by atoms with van der Waals surface area (Å²) in [6.07, 6.45) is 0. The minimum atomic E-state index is -0.120. The molecule has 5 heteroatoms. The van der Waals surface area contributed by atoms with Gasteiger partial charge in [-0.1, -0.05) is 35.9 Å². The normalized spacial score (nSPS) is 10.5. The Morgan fingerprint density at radius 3 is 2.40 bits per heavy atom. The van der Waals surface area contributed by atoms with Crippen molar-refractivity contribution in [2.75, 3.05) is 25.5 Å². The van der Waals surface area contributed by atoms with Gasteiger partial charge in [-0.05, 0) is 61.9 Å². The Bertz CT molecular complexity index is 942. The van der Waals surface area contributed by atoms with Crippen molar-refractivity contribution in [3.8, 4) is 11.5 Å². The summed E-state index contributed by atoms with van der Waals surface area (Å²) in [6, 6.07) is 23.5. The van der Waals surface area contributed by atoms with Gasteiger partial charge in [0.1, 0.15) is 18.1 Å². The largest absolute Gasteiger partial charge is 0.493 e. The fourth-order valence-electron chi connectivity index (χ4n) is 2.93. The molecule has 1 amide bonds. The zero-order valence-electron chi connectivity index (χ0n) is 17.4. The zero-order valence-corrected chi connectivity index (χ0v) is 18.2. The van der Waals surface area contributed by atoms with Gasteiger partial charge in [0.05, 0.1) is 13.2 Å². The van der Waals surface area contributed by atoms with E-state index in [1.807, 2.05) is 49.4 Å². The SMILES string of the molecule is Cc1ccc(OCCNC(=O)c2ccc(OCCSc3ccccc3)cc2)c(C)c1. The molecule has 0 heterocycles. The number of benzene rings is 3. The molecule has 4 nitrogen and oxygen atoms in total. The maximum atomic E-state index is 12.3. The fourth-order valence-corrected chi connectivity index (χ4v) is 3.68. The lowest BCUT2D eigenvalue weighted by atomic mass is 10.1. The van der Waals surface area contributed by atoms with Crippen molar-refractivity contribution in [1.82, 2.24) is 5.32 Å². The van der Waals surface area contributed by atoms with Gasteiger partial charge in [-0.15, -0.1) is 11.8 Å². The number of hydrogen-bond donors (Lipinski definition) is 1. The molecule has 30 heavy (non-hydrogen) atoms. The summed E-state index contributed by atoms with van der Waals surface area (Å²) in [5.74, 6) is 2.36. The summed E-state index contributed by atoms with van der Waals surface area (Å²) in [4.78, 5) is 13.5. The van der Waals surface area contributed by atoms with E-state index in [0.717, 1.165) is 22.8 Å². The van der Waals surface area contributed by atoms with Crippen LogP contribution in [0.4, 0.5) is 0 Å². The van der Waals surface area contributed by atoms with Crippen molar-refractivity contribution in [2.45, 2.75) is 18.7 Å². The van der Waals surface area contributed by atoms with Crippen molar-refractivity contribution in [2.24, 2.45) is 0 Å². The molecule has 0 radical (unpaired) electrons. The van der Waals surface area contributed by atoms with Crippen LogP contribution in [0.3, 0.4) is 0 Å². The van der Waals surface area contributed by atoms with Crippen molar-refractivity contribution in [3.63, 3.8) is 0 Å². The van der Waals surface area contributed by atoms with Gasteiger partial charge in [0, 0.05) is 16.2 Å². The zero-order chi connectivity index (χ0) is 21.2. The predicted molar refractivity (Wildman–Crippen MR) is 123 cm³/mol. The molecule has 0 saturated carbocycles. The molecule has 0 aliphatic carbocycles. The van der Waals surface area contributed by atoms with Crippen LogP contribution < -0.4 is 14.8 Å². The van der Waals surface area contributed by atoms with Crippen LogP contribution in [0, 0.1) is 13.8 Å². The summed E-state index contributed by atoms with van der Waals surface area (Å²) < 4.78 is 11.5. The third kappa shape index (κ3) is 6.85. The summed E-state index contributed by atoms with van der Waals surface area (Å²) >= 11 is 1.76. The Morgan fingerprint density at radius 1 is 0.900 bits per heavy atom.